The third kappa shape index (κ3) is 2.20. The molecule has 88 valence electrons. The Morgan fingerprint density at radius 3 is 2.62 bits per heavy atom. The molecule has 1 fully saturated rings. The van der Waals surface area contributed by atoms with Crippen LogP contribution < -0.4 is 10.6 Å². The van der Waals surface area contributed by atoms with Crippen LogP contribution in [0.15, 0.2) is 30.3 Å². The van der Waals surface area contributed by atoms with Gasteiger partial charge in [-0.3, -0.25) is 0 Å². The second-order valence-corrected chi connectivity index (χ2v) is 6.41. The summed E-state index contributed by atoms with van der Waals surface area (Å²) in [6.07, 6.45) is 0. The van der Waals surface area contributed by atoms with Crippen molar-refractivity contribution in [1.82, 2.24) is 0 Å². The second kappa shape index (κ2) is 4.43. The van der Waals surface area contributed by atoms with E-state index in [-0.39, 0.29) is 12.3 Å². The molecule has 1 aliphatic rings. The Labute approximate surface area is 96.0 Å². The summed E-state index contributed by atoms with van der Waals surface area (Å²) in [5.74, 6) is 0.198. The summed E-state index contributed by atoms with van der Waals surface area (Å²) in [7, 11) is -2.98. The summed E-state index contributed by atoms with van der Waals surface area (Å²) in [6.45, 7) is 1.26. The molecule has 0 spiro atoms. The molecular weight excluding hydrogens is 224 g/mol. The van der Waals surface area contributed by atoms with Gasteiger partial charge < -0.3 is 10.6 Å². The minimum Gasteiger partial charge on any atom is -0.369 e. The monoisotopic (exact) mass is 240 g/mol. The van der Waals surface area contributed by atoms with Crippen LogP contribution in [0.2, 0.25) is 0 Å². The quantitative estimate of drug-likeness (QED) is 0.805. The normalized spacial score (nSPS) is 24.3. The Hall–Kier alpha value is -1.07. The van der Waals surface area contributed by atoms with Crippen LogP contribution in [0.4, 0.5) is 5.69 Å². The fourth-order valence-corrected chi connectivity index (χ4v) is 3.46. The molecule has 0 aliphatic carbocycles. The highest BCUT2D eigenvalue weighted by atomic mass is 32.2. The van der Waals surface area contributed by atoms with Crippen LogP contribution in [0, 0.1) is 0 Å². The van der Waals surface area contributed by atoms with Gasteiger partial charge in [0.2, 0.25) is 0 Å². The molecule has 0 saturated carbocycles. The van der Waals surface area contributed by atoms with Crippen LogP contribution in [-0.4, -0.2) is 39.1 Å². The van der Waals surface area contributed by atoms with Crippen molar-refractivity contribution in [3.05, 3.63) is 30.3 Å². The van der Waals surface area contributed by atoms with E-state index < -0.39 is 15.1 Å². The van der Waals surface area contributed by atoms with Gasteiger partial charge in [-0.2, -0.15) is 0 Å². The van der Waals surface area contributed by atoms with Crippen LogP contribution in [0.3, 0.4) is 0 Å². The fourth-order valence-electron chi connectivity index (χ4n) is 1.95. The summed E-state index contributed by atoms with van der Waals surface area (Å²) in [5, 5.41) is -0.429. The van der Waals surface area contributed by atoms with E-state index in [1.165, 1.54) is 0 Å². The molecule has 2 N–H and O–H groups in total. The maximum Gasteiger partial charge on any atom is 0.157 e. The predicted octanol–water partition coefficient (Wildman–Crippen LogP) is 0.249. The molecule has 0 bridgehead atoms. The Balaban J connectivity index is 2.17. The number of hydrogen-bond acceptors (Lipinski definition) is 4. The van der Waals surface area contributed by atoms with Crippen molar-refractivity contribution in [3.8, 4) is 0 Å². The molecule has 16 heavy (non-hydrogen) atoms. The number of nitrogens with two attached hydrogens (primary N) is 1. The van der Waals surface area contributed by atoms with Gasteiger partial charge in [-0.1, -0.05) is 18.2 Å². The third-order valence-corrected chi connectivity index (χ3v) is 5.07. The molecule has 4 nitrogen and oxygen atoms in total. The second-order valence-electron chi connectivity index (χ2n) is 4.01. The summed E-state index contributed by atoms with van der Waals surface area (Å²) in [5.41, 5.74) is 6.58. The van der Waals surface area contributed by atoms with E-state index in [0.717, 1.165) is 5.69 Å². The molecule has 1 saturated heterocycles. The van der Waals surface area contributed by atoms with Crippen molar-refractivity contribution in [2.45, 2.75) is 5.25 Å². The number of sulfone groups is 1. The molecule has 1 aromatic carbocycles. The van der Waals surface area contributed by atoms with E-state index in [1.807, 2.05) is 30.3 Å². The van der Waals surface area contributed by atoms with E-state index in [2.05, 4.69) is 4.90 Å². The molecule has 0 radical (unpaired) electrons. The van der Waals surface area contributed by atoms with Gasteiger partial charge in [-0.15, -0.1) is 0 Å². The molecular formula is C11H16N2O2S. The number of nitrogens with zero attached hydrogens (tertiary/aromatic N) is 1. The highest BCUT2D eigenvalue weighted by Crippen LogP contribution is 2.19. The van der Waals surface area contributed by atoms with Crippen molar-refractivity contribution < 1.29 is 8.42 Å². The van der Waals surface area contributed by atoms with Crippen molar-refractivity contribution in [1.29, 1.82) is 0 Å². The van der Waals surface area contributed by atoms with Gasteiger partial charge in [0, 0.05) is 25.3 Å². The minimum atomic E-state index is -2.98. The SMILES string of the molecule is NCC1CN(c2ccccc2)CCS1(=O)=O. The van der Waals surface area contributed by atoms with Gasteiger partial charge in [0.05, 0.1) is 11.0 Å². The molecule has 5 heteroatoms. The standard InChI is InChI=1S/C11H16N2O2S/c12-8-11-9-13(6-7-16(11,14)15)10-4-2-1-3-5-10/h1-5,11H,6-9,12H2. The molecule has 1 unspecified atom stereocenters. The first-order valence-electron chi connectivity index (χ1n) is 5.35. The average molecular weight is 240 g/mol. The van der Waals surface area contributed by atoms with Crippen LogP contribution >= 0.6 is 0 Å². The van der Waals surface area contributed by atoms with E-state index >= 15 is 0 Å². The zero-order chi connectivity index (χ0) is 11.6. The summed E-state index contributed by atoms with van der Waals surface area (Å²) in [6, 6.07) is 9.84. The zero-order valence-electron chi connectivity index (χ0n) is 9.04. The first kappa shape index (κ1) is 11.4. The average Bonchev–Trinajstić information content (AvgIpc) is 2.30. The Kier molecular flexibility index (Phi) is 3.16. The lowest BCUT2D eigenvalue weighted by atomic mass is 10.2. The van der Waals surface area contributed by atoms with Gasteiger partial charge >= 0.3 is 0 Å². The van der Waals surface area contributed by atoms with Crippen molar-refractivity contribution in [3.63, 3.8) is 0 Å². The predicted molar refractivity (Wildman–Crippen MR) is 65.3 cm³/mol. The van der Waals surface area contributed by atoms with Crippen LogP contribution in [-0.2, 0) is 9.84 Å². The number of rotatable bonds is 2. The number of hydrogen-bond donors (Lipinski definition) is 1. The van der Waals surface area contributed by atoms with E-state index in [4.69, 9.17) is 5.73 Å². The lowest BCUT2D eigenvalue weighted by molar-refractivity contribution is 0.563. The van der Waals surface area contributed by atoms with Gasteiger partial charge in [0.1, 0.15) is 0 Å². The first-order chi connectivity index (χ1) is 7.63. The number of anilines is 1. The zero-order valence-corrected chi connectivity index (χ0v) is 9.86. The molecule has 2 rings (SSSR count). The summed E-state index contributed by atoms with van der Waals surface area (Å²) in [4.78, 5) is 2.08. The third-order valence-electron chi connectivity index (χ3n) is 2.96. The van der Waals surface area contributed by atoms with Crippen LogP contribution in [0.25, 0.3) is 0 Å². The topological polar surface area (TPSA) is 63.4 Å². The van der Waals surface area contributed by atoms with E-state index in [1.54, 1.807) is 0 Å². The van der Waals surface area contributed by atoms with Crippen LogP contribution in [0.5, 0.6) is 0 Å². The minimum absolute atomic E-state index is 0.198. The maximum atomic E-state index is 11.7. The number of para-hydroxylation sites is 1. The van der Waals surface area contributed by atoms with Crippen molar-refractivity contribution in [2.24, 2.45) is 5.73 Å². The molecule has 1 heterocycles. The largest absolute Gasteiger partial charge is 0.369 e. The Morgan fingerprint density at radius 2 is 2.00 bits per heavy atom. The number of benzene rings is 1. The highest BCUT2D eigenvalue weighted by molar-refractivity contribution is 7.92. The Bertz CT molecular complexity index is 444. The van der Waals surface area contributed by atoms with Gasteiger partial charge in [-0.25, -0.2) is 8.42 Å². The lowest BCUT2D eigenvalue weighted by Gasteiger charge is -2.33. The Morgan fingerprint density at radius 1 is 1.31 bits per heavy atom. The molecule has 1 aromatic rings. The molecule has 0 amide bonds. The summed E-state index contributed by atoms with van der Waals surface area (Å²) < 4.78 is 23.4. The lowest BCUT2D eigenvalue weighted by Crippen LogP contribution is -2.50. The van der Waals surface area contributed by atoms with Gasteiger partial charge in [0.25, 0.3) is 0 Å². The molecule has 0 aromatic heterocycles. The highest BCUT2D eigenvalue weighted by Gasteiger charge is 2.31. The fraction of sp³-hybridized carbons (Fsp3) is 0.455. The van der Waals surface area contributed by atoms with Crippen molar-refractivity contribution >= 4 is 15.5 Å². The van der Waals surface area contributed by atoms with Crippen LogP contribution in [0.1, 0.15) is 0 Å². The summed E-state index contributed by atoms with van der Waals surface area (Å²) >= 11 is 0. The van der Waals surface area contributed by atoms with Gasteiger partial charge in [0.15, 0.2) is 9.84 Å². The maximum absolute atomic E-state index is 11.7. The molecule has 1 aliphatic heterocycles. The van der Waals surface area contributed by atoms with Crippen molar-refractivity contribution in [2.75, 3.05) is 30.3 Å². The molecule has 1 atom stereocenters. The first-order valence-corrected chi connectivity index (χ1v) is 7.06. The smallest absolute Gasteiger partial charge is 0.157 e. The van der Waals surface area contributed by atoms with E-state index in [0.29, 0.717) is 13.1 Å². The van der Waals surface area contributed by atoms with Gasteiger partial charge in [-0.05, 0) is 12.1 Å². The van der Waals surface area contributed by atoms with E-state index in [9.17, 15) is 8.42 Å².